The van der Waals surface area contributed by atoms with Crippen LogP contribution in [0.2, 0.25) is 0 Å². The molecule has 0 heterocycles. The summed E-state index contributed by atoms with van der Waals surface area (Å²) in [5.74, 6) is 0.555. The van der Waals surface area contributed by atoms with E-state index in [4.69, 9.17) is 14.7 Å². The Morgan fingerprint density at radius 3 is 2.85 bits per heavy atom. The van der Waals surface area contributed by atoms with E-state index in [9.17, 15) is 4.79 Å². The molecule has 0 aromatic heterocycles. The van der Waals surface area contributed by atoms with Gasteiger partial charge in [0.1, 0.15) is 12.4 Å². The van der Waals surface area contributed by atoms with E-state index >= 15 is 0 Å². The van der Waals surface area contributed by atoms with Gasteiger partial charge in [-0.05, 0) is 61.5 Å². The van der Waals surface area contributed by atoms with Crippen molar-refractivity contribution in [3.05, 3.63) is 52.1 Å². The van der Waals surface area contributed by atoms with Gasteiger partial charge in [0, 0.05) is 11.6 Å². The first-order valence-corrected chi connectivity index (χ1v) is 9.40. The maximum Gasteiger partial charge on any atom is 0.243 e. The van der Waals surface area contributed by atoms with Crippen LogP contribution in [0.5, 0.6) is 5.75 Å². The molecule has 0 aliphatic heterocycles. The number of fused-ring (bicyclic) bond motifs is 1. The molecular weight excluding hydrogens is 342 g/mol. The third kappa shape index (κ3) is 6.61. The lowest BCUT2D eigenvalue weighted by Crippen LogP contribution is -2.28. The van der Waals surface area contributed by atoms with Crippen LogP contribution >= 0.6 is 0 Å². The summed E-state index contributed by atoms with van der Waals surface area (Å²) >= 11 is 0. The lowest BCUT2D eigenvalue weighted by molar-refractivity contribution is -0.129. The number of hydrogen-bond acceptors (Lipinski definition) is 4. The molecule has 0 bridgehead atoms. The van der Waals surface area contributed by atoms with Gasteiger partial charge in [-0.25, -0.2) is 5.48 Å². The first kappa shape index (κ1) is 20.8. The number of rotatable bonds is 10. The number of unbranched alkanes of at least 4 members (excludes halogenated alkanes) is 2. The van der Waals surface area contributed by atoms with Crippen LogP contribution in [0.15, 0.2) is 41.7 Å². The smallest absolute Gasteiger partial charge is 0.243 e. The number of methoxy groups -OCH3 is 1. The fraction of sp³-hybridized carbons (Fsp3) is 0.409. The van der Waals surface area contributed by atoms with Gasteiger partial charge in [0.15, 0.2) is 0 Å². The number of amides is 1. The summed E-state index contributed by atoms with van der Waals surface area (Å²) in [6.45, 7) is 2.46. The second-order valence-electron chi connectivity index (χ2n) is 6.58. The number of carbonyl (C=O) groups excluding carboxylic acids is 1. The summed E-state index contributed by atoms with van der Waals surface area (Å²) in [7, 11) is 1.63. The van der Waals surface area contributed by atoms with Gasteiger partial charge in [-0.2, -0.15) is 0 Å². The molecule has 1 aromatic carbocycles. The predicted molar refractivity (Wildman–Crippen MR) is 107 cm³/mol. The largest absolute Gasteiger partial charge is 0.504 e. The molecule has 27 heavy (non-hydrogen) atoms. The minimum atomic E-state index is -0.347. The lowest BCUT2D eigenvalue weighted by Gasteiger charge is -2.13. The Kier molecular flexibility index (Phi) is 8.65. The zero-order chi connectivity index (χ0) is 19.5. The van der Waals surface area contributed by atoms with Crippen molar-refractivity contribution in [2.75, 3.05) is 13.7 Å². The number of benzene rings is 1. The highest BCUT2D eigenvalue weighted by atomic mass is 16.5. The quantitative estimate of drug-likeness (QED) is 0.218. The Morgan fingerprint density at radius 2 is 2.07 bits per heavy atom. The van der Waals surface area contributed by atoms with E-state index in [0.29, 0.717) is 13.0 Å². The predicted octanol–water partition coefficient (Wildman–Crippen LogP) is 2.96. The fourth-order valence-corrected chi connectivity index (χ4v) is 3.05. The SMILES string of the molecule is CO/C=C(C)\C(=C\CCCCC(=O)NO)COc1cccc2c1=CCCC=2. The van der Waals surface area contributed by atoms with Crippen LogP contribution in [0, 0.1) is 0 Å². The van der Waals surface area contributed by atoms with Gasteiger partial charge in [0.25, 0.3) is 0 Å². The molecule has 5 nitrogen and oxygen atoms in total. The van der Waals surface area contributed by atoms with Crippen molar-refractivity contribution in [3.8, 4) is 5.75 Å². The molecule has 146 valence electrons. The van der Waals surface area contributed by atoms with Gasteiger partial charge in [-0.1, -0.05) is 30.4 Å². The molecule has 0 fully saturated rings. The standard InChI is InChI=1S/C22H29NO4/c1-17(15-26-2)19(10-4-3-5-14-22(24)23-25)16-27-21-13-8-11-18-9-6-7-12-20(18)21/h8-13,15,25H,3-7,14,16H2,1-2H3,(H,23,24)/b17-15-,19-10+. The third-order valence-corrected chi connectivity index (χ3v) is 4.54. The number of hydrogen-bond donors (Lipinski definition) is 2. The van der Waals surface area contributed by atoms with Crippen molar-refractivity contribution in [1.82, 2.24) is 5.48 Å². The van der Waals surface area contributed by atoms with Gasteiger partial charge in [0.05, 0.1) is 13.4 Å². The highest BCUT2D eigenvalue weighted by molar-refractivity contribution is 5.74. The second-order valence-corrected chi connectivity index (χ2v) is 6.58. The van der Waals surface area contributed by atoms with E-state index in [1.54, 1.807) is 18.9 Å². The molecular formula is C22H29NO4. The first-order chi connectivity index (χ1) is 13.2. The van der Waals surface area contributed by atoms with Gasteiger partial charge in [-0.3, -0.25) is 10.0 Å². The lowest BCUT2D eigenvalue weighted by atomic mass is 10.1. The third-order valence-electron chi connectivity index (χ3n) is 4.54. The zero-order valence-corrected chi connectivity index (χ0v) is 16.2. The van der Waals surface area contributed by atoms with Gasteiger partial charge in [0.2, 0.25) is 5.91 Å². The Morgan fingerprint density at radius 1 is 1.26 bits per heavy atom. The minimum Gasteiger partial charge on any atom is -0.504 e. The summed E-state index contributed by atoms with van der Waals surface area (Å²) < 4.78 is 11.3. The Labute approximate surface area is 160 Å². The van der Waals surface area contributed by atoms with E-state index in [2.05, 4.69) is 24.3 Å². The van der Waals surface area contributed by atoms with Crippen LogP contribution < -0.4 is 20.7 Å². The van der Waals surface area contributed by atoms with Crippen LogP contribution in [-0.4, -0.2) is 24.8 Å². The summed E-state index contributed by atoms with van der Waals surface area (Å²) in [4.78, 5) is 11.1. The average molecular weight is 371 g/mol. The molecule has 2 rings (SSSR count). The maximum atomic E-state index is 11.1. The average Bonchev–Trinajstić information content (AvgIpc) is 2.69. The molecule has 0 atom stereocenters. The van der Waals surface area contributed by atoms with Crippen molar-refractivity contribution in [3.63, 3.8) is 0 Å². The van der Waals surface area contributed by atoms with Crippen molar-refractivity contribution < 1.29 is 19.5 Å². The summed E-state index contributed by atoms with van der Waals surface area (Å²) in [5, 5.41) is 10.9. The van der Waals surface area contributed by atoms with Gasteiger partial charge < -0.3 is 9.47 Å². The van der Waals surface area contributed by atoms with E-state index < -0.39 is 0 Å². The molecule has 0 radical (unpaired) electrons. The summed E-state index contributed by atoms with van der Waals surface area (Å²) in [5.41, 5.74) is 3.75. The normalized spacial score (nSPS) is 13.9. The Hall–Kier alpha value is -2.53. The van der Waals surface area contributed by atoms with E-state index in [1.165, 1.54) is 10.4 Å². The molecule has 0 saturated heterocycles. The van der Waals surface area contributed by atoms with Crippen LogP contribution in [0.1, 0.15) is 45.4 Å². The number of nitrogens with one attached hydrogen (secondary N) is 1. The Bertz CT molecular complexity index is 808. The fourth-order valence-electron chi connectivity index (χ4n) is 3.05. The van der Waals surface area contributed by atoms with Crippen LogP contribution in [0.4, 0.5) is 0 Å². The molecule has 1 aliphatic carbocycles. The van der Waals surface area contributed by atoms with E-state index in [0.717, 1.165) is 49.0 Å². The molecule has 0 unspecified atom stereocenters. The van der Waals surface area contributed by atoms with E-state index in [1.807, 2.05) is 19.1 Å². The number of hydroxylamine groups is 1. The maximum absolute atomic E-state index is 11.1. The molecule has 1 aromatic rings. The number of carbonyl (C=O) groups is 1. The number of ether oxygens (including phenoxy) is 2. The highest BCUT2D eigenvalue weighted by Crippen LogP contribution is 2.15. The van der Waals surface area contributed by atoms with E-state index in [-0.39, 0.29) is 5.91 Å². The van der Waals surface area contributed by atoms with Crippen LogP contribution in [-0.2, 0) is 9.53 Å². The molecule has 0 saturated carbocycles. The molecule has 0 spiro atoms. The van der Waals surface area contributed by atoms with Crippen LogP contribution in [0.3, 0.4) is 0 Å². The van der Waals surface area contributed by atoms with Crippen molar-refractivity contribution in [1.29, 1.82) is 0 Å². The molecule has 5 heteroatoms. The van der Waals surface area contributed by atoms with Crippen molar-refractivity contribution in [2.45, 2.75) is 45.4 Å². The first-order valence-electron chi connectivity index (χ1n) is 9.40. The topological polar surface area (TPSA) is 67.8 Å². The monoisotopic (exact) mass is 371 g/mol. The number of allylic oxidation sites excluding steroid dienone is 1. The molecule has 1 amide bonds. The summed E-state index contributed by atoms with van der Waals surface area (Å²) in [6, 6.07) is 6.15. The van der Waals surface area contributed by atoms with Gasteiger partial charge in [-0.15, -0.1) is 0 Å². The zero-order valence-electron chi connectivity index (χ0n) is 16.2. The minimum absolute atomic E-state index is 0.325. The highest BCUT2D eigenvalue weighted by Gasteiger charge is 2.06. The van der Waals surface area contributed by atoms with Crippen molar-refractivity contribution in [2.24, 2.45) is 0 Å². The summed E-state index contributed by atoms with van der Waals surface area (Å²) in [6.07, 6.45) is 13.2. The molecule has 1 aliphatic rings. The van der Waals surface area contributed by atoms with Gasteiger partial charge >= 0.3 is 0 Å². The Balaban J connectivity index is 2.02. The van der Waals surface area contributed by atoms with Crippen LogP contribution in [0.25, 0.3) is 12.2 Å². The second kappa shape index (κ2) is 11.2. The van der Waals surface area contributed by atoms with Crippen molar-refractivity contribution >= 4 is 18.1 Å². The molecule has 2 N–H and O–H groups in total.